The van der Waals surface area contributed by atoms with Gasteiger partial charge >= 0.3 is 6.03 Å². The van der Waals surface area contributed by atoms with E-state index in [1.54, 1.807) is 19.4 Å². The molecule has 1 aromatic heterocycles. The first-order valence-corrected chi connectivity index (χ1v) is 7.27. The Morgan fingerprint density at radius 1 is 1.26 bits per heavy atom. The SMILES string of the molecule is Cn1cncc1CCN1C(=O)NC(C)(c2ccc(F)cc2)C1=O. The van der Waals surface area contributed by atoms with Crippen molar-refractivity contribution in [1.82, 2.24) is 19.8 Å². The van der Waals surface area contributed by atoms with Crippen molar-refractivity contribution in [2.75, 3.05) is 6.54 Å². The number of imidazole rings is 1. The zero-order chi connectivity index (χ0) is 16.6. The molecule has 120 valence electrons. The number of benzene rings is 1. The van der Waals surface area contributed by atoms with Crippen LogP contribution in [0.2, 0.25) is 0 Å². The predicted molar refractivity (Wildman–Crippen MR) is 80.9 cm³/mol. The highest BCUT2D eigenvalue weighted by Gasteiger charge is 2.48. The summed E-state index contributed by atoms with van der Waals surface area (Å²) in [5, 5.41) is 2.70. The molecular formula is C16H17FN4O2. The van der Waals surface area contributed by atoms with Crippen molar-refractivity contribution in [2.45, 2.75) is 18.9 Å². The number of hydrogen-bond donors (Lipinski definition) is 1. The van der Waals surface area contributed by atoms with Crippen LogP contribution in [0.3, 0.4) is 0 Å². The van der Waals surface area contributed by atoms with Crippen LogP contribution in [-0.4, -0.2) is 32.9 Å². The van der Waals surface area contributed by atoms with Crippen LogP contribution < -0.4 is 5.32 Å². The fourth-order valence-electron chi connectivity index (χ4n) is 2.73. The molecule has 3 amide bonds. The zero-order valence-corrected chi connectivity index (χ0v) is 12.9. The number of urea groups is 1. The highest BCUT2D eigenvalue weighted by molar-refractivity contribution is 6.07. The molecule has 6 nitrogen and oxygen atoms in total. The zero-order valence-electron chi connectivity index (χ0n) is 12.9. The molecule has 1 N–H and O–H groups in total. The number of aromatic nitrogens is 2. The molecule has 1 aliphatic heterocycles. The standard InChI is InChI=1S/C16H17FN4O2/c1-16(11-3-5-12(17)6-4-11)14(22)21(15(23)19-16)8-7-13-9-18-10-20(13)2/h3-6,9-10H,7-8H2,1-2H3,(H,19,23). The Hall–Kier alpha value is -2.70. The first kappa shape index (κ1) is 15.2. The Balaban J connectivity index is 1.79. The van der Waals surface area contributed by atoms with Crippen LogP contribution in [0.1, 0.15) is 18.2 Å². The molecule has 1 fully saturated rings. The van der Waals surface area contributed by atoms with Crippen molar-refractivity contribution in [3.63, 3.8) is 0 Å². The Morgan fingerprint density at radius 2 is 1.96 bits per heavy atom. The number of halogens is 1. The summed E-state index contributed by atoms with van der Waals surface area (Å²) in [4.78, 5) is 30.1. The van der Waals surface area contributed by atoms with Gasteiger partial charge in [0.2, 0.25) is 0 Å². The second kappa shape index (κ2) is 5.49. The van der Waals surface area contributed by atoms with Crippen molar-refractivity contribution in [1.29, 1.82) is 0 Å². The van der Waals surface area contributed by atoms with E-state index in [-0.39, 0.29) is 18.3 Å². The monoisotopic (exact) mass is 316 g/mol. The summed E-state index contributed by atoms with van der Waals surface area (Å²) >= 11 is 0. The summed E-state index contributed by atoms with van der Waals surface area (Å²) < 4.78 is 14.9. The van der Waals surface area contributed by atoms with Gasteiger partial charge in [-0.05, 0) is 24.6 Å². The van der Waals surface area contributed by atoms with Gasteiger partial charge in [0.15, 0.2) is 0 Å². The lowest BCUT2D eigenvalue weighted by Gasteiger charge is -2.22. The Bertz CT molecular complexity index is 756. The topological polar surface area (TPSA) is 67.2 Å². The molecule has 2 aromatic rings. The highest BCUT2D eigenvalue weighted by Crippen LogP contribution is 2.29. The first-order chi connectivity index (χ1) is 10.9. The van der Waals surface area contributed by atoms with E-state index in [1.807, 2.05) is 11.6 Å². The van der Waals surface area contributed by atoms with Crippen LogP contribution >= 0.6 is 0 Å². The molecule has 3 rings (SSSR count). The first-order valence-electron chi connectivity index (χ1n) is 7.27. The number of carbonyl (C=O) groups excluding carboxylic acids is 2. The fraction of sp³-hybridized carbons (Fsp3) is 0.312. The molecule has 1 saturated heterocycles. The number of carbonyl (C=O) groups is 2. The molecule has 1 atom stereocenters. The molecule has 0 spiro atoms. The van der Waals surface area contributed by atoms with Crippen molar-refractivity contribution in [2.24, 2.45) is 7.05 Å². The highest BCUT2D eigenvalue weighted by atomic mass is 19.1. The molecule has 2 heterocycles. The Labute approximate surface area is 132 Å². The van der Waals surface area contributed by atoms with Gasteiger partial charge in [-0.15, -0.1) is 0 Å². The van der Waals surface area contributed by atoms with Crippen LogP contribution in [0.4, 0.5) is 9.18 Å². The molecule has 1 aliphatic rings. The Kier molecular flexibility index (Phi) is 3.63. The molecule has 0 saturated carbocycles. The van der Waals surface area contributed by atoms with Crippen LogP contribution in [0.15, 0.2) is 36.8 Å². The average molecular weight is 316 g/mol. The van der Waals surface area contributed by atoms with Gasteiger partial charge in [0.05, 0.1) is 6.33 Å². The minimum atomic E-state index is -1.17. The number of rotatable bonds is 4. The van der Waals surface area contributed by atoms with Gasteiger partial charge in [0.25, 0.3) is 5.91 Å². The molecule has 1 aromatic carbocycles. The minimum Gasteiger partial charge on any atom is -0.338 e. The molecule has 0 bridgehead atoms. The van der Waals surface area contributed by atoms with E-state index >= 15 is 0 Å². The maximum Gasteiger partial charge on any atom is 0.325 e. The Morgan fingerprint density at radius 3 is 2.57 bits per heavy atom. The molecule has 0 radical (unpaired) electrons. The second-order valence-corrected chi connectivity index (χ2v) is 5.76. The maximum absolute atomic E-state index is 13.1. The fourth-order valence-corrected chi connectivity index (χ4v) is 2.73. The molecule has 1 unspecified atom stereocenters. The van der Waals surface area contributed by atoms with Gasteiger partial charge in [-0.2, -0.15) is 0 Å². The summed E-state index contributed by atoms with van der Waals surface area (Å²) in [5.74, 6) is -0.724. The van der Waals surface area contributed by atoms with Gasteiger partial charge in [-0.3, -0.25) is 9.69 Å². The number of nitrogens with one attached hydrogen (secondary N) is 1. The van der Waals surface area contributed by atoms with E-state index in [2.05, 4.69) is 10.3 Å². The molecule has 23 heavy (non-hydrogen) atoms. The molecule has 7 heteroatoms. The number of imide groups is 1. The maximum atomic E-state index is 13.1. The molecule has 0 aliphatic carbocycles. The number of aryl methyl sites for hydroxylation is 1. The van der Waals surface area contributed by atoms with Gasteiger partial charge in [-0.1, -0.05) is 12.1 Å². The normalized spacial score (nSPS) is 20.9. The summed E-state index contributed by atoms with van der Waals surface area (Å²) in [6.45, 7) is 1.89. The van der Waals surface area contributed by atoms with E-state index in [9.17, 15) is 14.0 Å². The van der Waals surface area contributed by atoms with Gasteiger partial charge in [0, 0.05) is 31.9 Å². The van der Waals surface area contributed by atoms with Crippen molar-refractivity contribution in [3.05, 3.63) is 53.9 Å². The summed E-state index contributed by atoms with van der Waals surface area (Å²) in [6, 6.07) is 5.14. The van der Waals surface area contributed by atoms with E-state index in [0.717, 1.165) is 5.69 Å². The van der Waals surface area contributed by atoms with Gasteiger partial charge in [0.1, 0.15) is 11.4 Å². The van der Waals surface area contributed by atoms with E-state index in [4.69, 9.17) is 0 Å². The van der Waals surface area contributed by atoms with E-state index < -0.39 is 11.6 Å². The predicted octanol–water partition coefficient (Wildman–Crippen LogP) is 1.57. The summed E-state index contributed by atoms with van der Waals surface area (Å²) in [5.41, 5.74) is 0.318. The van der Waals surface area contributed by atoms with Crippen molar-refractivity contribution < 1.29 is 14.0 Å². The third kappa shape index (κ3) is 2.58. The van der Waals surface area contributed by atoms with E-state index in [0.29, 0.717) is 12.0 Å². The smallest absolute Gasteiger partial charge is 0.325 e. The lowest BCUT2D eigenvalue weighted by atomic mass is 9.92. The van der Waals surface area contributed by atoms with Gasteiger partial charge in [-0.25, -0.2) is 14.2 Å². The average Bonchev–Trinajstić information content (AvgIpc) is 3.01. The number of nitrogens with zero attached hydrogens (tertiary/aromatic N) is 3. The van der Waals surface area contributed by atoms with Gasteiger partial charge < -0.3 is 9.88 Å². The molecular weight excluding hydrogens is 299 g/mol. The third-order valence-corrected chi connectivity index (χ3v) is 4.20. The lowest BCUT2D eigenvalue weighted by Crippen LogP contribution is -2.41. The quantitative estimate of drug-likeness (QED) is 0.871. The minimum absolute atomic E-state index is 0.265. The van der Waals surface area contributed by atoms with Crippen LogP contribution in [-0.2, 0) is 23.8 Å². The lowest BCUT2D eigenvalue weighted by molar-refractivity contribution is -0.131. The van der Waals surface area contributed by atoms with Crippen LogP contribution in [0.5, 0.6) is 0 Å². The van der Waals surface area contributed by atoms with Crippen molar-refractivity contribution >= 4 is 11.9 Å². The van der Waals surface area contributed by atoms with Crippen LogP contribution in [0.25, 0.3) is 0 Å². The number of amides is 3. The summed E-state index contributed by atoms with van der Waals surface area (Å²) in [6.07, 6.45) is 3.90. The van der Waals surface area contributed by atoms with E-state index in [1.165, 1.54) is 29.2 Å². The second-order valence-electron chi connectivity index (χ2n) is 5.76. The van der Waals surface area contributed by atoms with Crippen molar-refractivity contribution in [3.8, 4) is 0 Å². The van der Waals surface area contributed by atoms with Crippen LogP contribution in [0, 0.1) is 5.82 Å². The number of hydrogen-bond acceptors (Lipinski definition) is 3. The largest absolute Gasteiger partial charge is 0.338 e. The summed E-state index contributed by atoms with van der Waals surface area (Å²) in [7, 11) is 1.86. The third-order valence-electron chi connectivity index (χ3n) is 4.20.